The van der Waals surface area contributed by atoms with Crippen LogP contribution in [0.4, 0.5) is 15.8 Å². The van der Waals surface area contributed by atoms with Gasteiger partial charge in [0.2, 0.25) is 5.91 Å². The topological polar surface area (TPSA) is 63.5 Å². The van der Waals surface area contributed by atoms with Crippen molar-refractivity contribution < 1.29 is 14.1 Å². The third kappa shape index (κ3) is 2.96. The van der Waals surface area contributed by atoms with Gasteiger partial charge in [-0.25, -0.2) is 4.39 Å². The third-order valence-electron chi connectivity index (χ3n) is 3.81. The van der Waals surface area contributed by atoms with E-state index >= 15 is 0 Å². The molecule has 23 heavy (non-hydrogen) atoms. The van der Waals surface area contributed by atoms with Gasteiger partial charge in [-0.3, -0.25) is 14.9 Å². The number of halogens is 2. The maximum Gasteiger partial charge on any atom is 0.294 e. The number of nitrogens with zero attached hydrogens (tertiary/aromatic N) is 2. The van der Waals surface area contributed by atoms with Crippen LogP contribution in [-0.2, 0) is 17.6 Å². The number of carbonyl (C=O) groups excluding carboxylic acids is 1. The fourth-order valence-corrected chi connectivity index (χ4v) is 3.27. The summed E-state index contributed by atoms with van der Waals surface area (Å²) in [5.74, 6) is -0.801. The molecule has 0 spiro atoms. The lowest BCUT2D eigenvalue weighted by atomic mass is 10.1. The Kier molecular flexibility index (Phi) is 4.12. The van der Waals surface area contributed by atoms with E-state index in [9.17, 15) is 19.3 Å². The Bertz CT molecular complexity index is 810. The average Bonchev–Trinajstić information content (AvgIpc) is 2.92. The summed E-state index contributed by atoms with van der Waals surface area (Å²) < 4.78 is 14.3. The highest BCUT2D eigenvalue weighted by Crippen LogP contribution is 2.39. The first-order valence-electron chi connectivity index (χ1n) is 6.98. The first kappa shape index (κ1) is 15.6. The number of anilines is 1. The molecule has 0 N–H and O–H groups in total. The van der Waals surface area contributed by atoms with Crippen LogP contribution >= 0.6 is 15.9 Å². The van der Waals surface area contributed by atoms with E-state index in [2.05, 4.69) is 15.9 Å². The quantitative estimate of drug-likeness (QED) is 0.605. The molecule has 118 valence electrons. The minimum absolute atomic E-state index is 0.117. The Morgan fingerprint density at radius 2 is 2.09 bits per heavy atom. The SMILES string of the molecule is O=C(Cc1ccccc1F)N1CCc2cc(Br)cc([N+](=O)[O-])c21. The molecule has 2 aromatic rings. The average molecular weight is 379 g/mol. The predicted molar refractivity (Wildman–Crippen MR) is 87.0 cm³/mol. The second kappa shape index (κ2) is 6.08. The molecule has 0 aliphatic carbocycles. The van der Waals surface area contributed by atoms with Crippen molar-refractivity contribution in [3.63, 3.8) is 0 Å². The summed E-state index contributed by atoms with van der Waals surface area (Å²) in [5, 5.41) is 11.3. The second-order valence-electron chi connectivity index (χ2n) is 5.25. The zero-order chi connectivity index (χ0) is 16.6. The number of nitro benzene ring substituents is 1. The number of carbonyl (C=O) groups is 1. The van der Waals surface area contributed by atoms with Gasteiger partial charge < -0.3 is 4.90 Å². The van der Waals surface area contributed by atoms with Gasteiger partial charge in [0.15, 0.2) is 0 Å². The zero-order valence-corrected chi connectivity index (χ0v) is 13.5. The molecular weight excluding hydrogens is 367 g/mol. The molecule has 5 nitrogen and oxygen atoms in total. The Balaban J connectivity index is 1.95. The molecule has 0 aromatic heterocycles. The lowest BCUT2D eigenvalue weighted by Gasteiger charge is -2.17. The molecule has 0 unspecified atom stereocenters. The summed E-state index contributed by atoms with van der Waals surface area (Å²) in [7, 11) is 0. The van der Waals surface area contributed by atoms with E-state index in [0.717, 1.165) is 5.56 Å². The van der Waals surface area contributed by atoms with Crippen LogP contribution in [0.5, 0.6) is 0 Å². The highest BCUT2D eigenvalue weighted by atomic mass is 79.9. The molecular formula is C16H12BrFN2O3. The molecule has 0 bridgehead atoms. The van der Waals surface area contributed by atoms with Crippen LogP contribution < -0.4 is 4.90 Å². The largest absolute Gasteiger partial charge is 0.306 e. The molecule has 0 fully saturated rings. The van der Waals surface area contributed by atoms with Gasteiger partial charge in [-0.2, -0.15) is 0 Å². The number of hydrogen-bond acceptors (Lipinski definition) is 3. The Hall–Kier alpha value is -2.28. The molecule has 1 aliphatic heterocycles. The highest BCUT2D eigenvalue weighted by Gasteiger charge is 2.32. The number of nitro groups is 1. The van der Waals surface area contributed by atoms with E-state index in [1.165, 1.54) is 17.0 Å². The fraction of sp³-hybridized carbons (Fsp3) is 0.188. The molecule has 0 atom stereocenters. The van der Waals surface area contributed by atoms with Gasteiger partial charge in [-0.05, 0) is 29.7 Å². The molecule has 0 saturated carbocycles. The number of hydrogen-bond donors (Lipinski definition) is 0. The van der Waals surface area contributed by atoms with Gasteiger partial charge in [0.25, 0.3) is 5.69 Å². The van der Waals surface area contributed by atoms with Crippen LogP contribution in [0.3, 0.4) is 0 Å². The summed E-state index contributed by atoms with van der Waals surface area (Å²) in [6.45, 7) is 0.361. The summed E-state index contributed by atoms with van der Waals surface area (Å²) in [6, 6.07) is 9.20. The number of rotatable bonds is 3. The second-order valence-corrected chi connectivity index (χ2v) is 6.17. The van der Waals surface area contributed by atoms with Crippen molar-refractivity contribution in [2.24, 2.45) is 0 Å². The van der Waals surface area contributed by atoms with Crippen molar-refractivity contribution in [2.75, 3.05) is 11.4 Å². The first-order valence-corrected chi connectivity index (χ1v) is 7.77. The van der Waals surface area contributed by atoms with Crippen LogP contribution in [0.25, 0.3) is 0 Å². The van der Waals surface area contributed by atoms with Crippen molar-refractivity contribution in [3.05, 3.63) is 67.9 Å². The van der Waals surface area contributed by atoms with Crippen molar-refractivity contribution in [1.29, 1.82) is 0 Å². The van der Waals surface area contributed by atoms with Crippen LogP contribution in [0.1, 0.15) is 11.1 Å². The smallest absolute Gasteiger partial charge is 0.294 e. The van der Waals surface area contributed by atoms with E-state index in [-0.39, 0.29) is 23.6 Å². The van der Waals surface area contributed by atoms with Crippen molar-refractivity contribution in [2.45, 2.75) is 12.8 Å². The van der Waals surface area contributed by atoms with E-state index in [1.807, 2.05) is 0 Å². The van der Waals surface area contributed by atoms with Crippen molar-refractivity contribution in [3.8, 4) is 0 Å². The van der Waals surface area contributed by atoms with Gasteiger partial charge in [0, 0.05) is 17.1 Å². The number of amides is 1. The molecule has 3 rings (SSSR count). The molecule has 0 radical (unpaired) electrons. The Morgan fingerprint density at radius 3 is 2.78 bits per heavy atom. The predicted octanol–water partition coefficient (Wildman–Crippen LogP) is 3.63. The van der Waals surface area contributed by atoms with Gasteiger partial charge in [-0.15, -0.1) is 0 Å². The molecule has 7 heteroatoms. The van der Waals surface area contributed by atoms with Crippen LogP contribution in [0.2, 0.25) is 0 Å². The number of benzene rings is 2. The van der Waals surface area contributed by atoms with Crippen LogP contribution in [0.15, 0.2) is 40.9 Å². The van der Waals surface area contributed by atoms with E-state index < -0.39 is 10.7 Å². The maximum absolute atomic E-state index is 13.7. The van der Waals surface area contributed by atoms with Crippen molar-refractivity contribution in [1.82, 2.24) is 0 Å². The van der Waals surface area contributed by atoms with Gasteiger partial charge in [-0.1, -0.05) is 34.1 Å². The summed E-state index contributed by atoms with van der Waals surface area (Å²) >= 11 is 3.25. The molecule has 0 saturated heterocycles. The first-order chi connectivity index (χ1) is 11.0. The minimum atomic E-state index is -0.502. The van der Waals surface area contributed by atoms with Gasteiger partial charge in [0.1, 0.15) is 11.5 Å². The maximum atomic E-state index is 13.7. The lowest BCUT2D eigenvalue weighted by Crippen LogP contribution is -2.31. The molecule has 1 heterocycles. The summed E-state index contributed by atoms with van der Waals surface area (Å²) in [4.78, 5) is 24.7. The van der Waals surface area contributed by atoms with E-state index in [0.29, 0.717) is 23.1 Å². The molecule has 2 aromatic carbocycles. The highest BCUT2D eigenvalue weighted by molar-refractivity contribution is 9.10. The van der Waals surface area contributed by atoms with Crippen LogP contribution in [0, 0.1) is 15.9 Å². The normalized spacial score (nSPS) is 13.0. The molecule has 1 aliphatic rings. The van der Waals surface area contributed by atoms with Crippen molar-refractivity contribution >= 4 is 33.2 Å². The van der Waals surface area contributed by atoms with Crippen LogP contribution in [-0.4, -0.2) is 17.4 Å². The lowest BCUT2D eigenvalue weighted by molar-refractivity contribution is -0.384. The number of fused-ring (bicyclic) bond motifs is 1. The minimum Gasteiger partial charge on any atom is -0.306 e. The van der Waals surface area contributed by atoms with E-state index in [1.54, 1.807) is 24.3 Å². The van der Waals surface area contributed by atoms with E-state index in [4.69, 9.17) is 0 Å². The Labute approximate surface area is 140 Å². The summed E-state index contributed by atoms with van der Waals surface area (Å²) in [5.41, 5.74) is 1.23. The summed E-state index contributed by atoms with van der Waals surface area (Å²) in [6.07, 6.45) is 0.415. The monoisotopic (exact) mass is 378 g/mol. The Morgan fingerprint density at radius 1 is 1.35 bits per heavy atom. The third-order valence-corrected chi connectivity index (χ3v) is 4.26. The van der Waals surface area contributed by atoms with Gasteiger partial charge >= 0.3 is 0 Å². The zero-order valence-electron chi connectivity index (χ0n) is 12.0. The van der Waals surface area contributed by atoms with Gasteiger partial charge in [0.05, 0.1) is 11.3 Å². The molecule has 1 amide bonds. The standard InChI is InChI=1S/C16H12BrFN2O3/c17-12-7-11-5-6-19(16(11)14(9-12)20(22)23)15(21)8-10-3-1-2-4-13(10)18/h1-4,7,9H,5-6,8H2. The fourth-order valence-electron chi connectivity index (χ4n) is 2.77.